The van der Waals surface area contributed by atoms with Crippen LogP contribution in [0.4, 0.5) is 11.6 Å². The van der Waals surface area contributed by atoms with Gasteiger partial charge in [-0.2, -0.15) is 0 Å². The van der Waals surface area contributed by atoms with Crippen LogP contribution in [0.5, 0.6) is 0 Å². The number of aromatic nitrogens is 3. The van der Waals surface area contributed by atoms with Crippen molar-refractivity contribution in [3.8, 4) is 11.3 Å². The van der Waals surface area contributed by atoms with E-state index in [-0.39, 0.29) is 17.4 Å². The molecule has 4 rings (SSSR count). The van der Waals surface area contributed by atoms with Crippen LogP contribution >= 0.6 is 0 Å². The average Bonchev–Trinajstić information content (AvgIpc) is 3.23. The molecule has 0 spiro atoms. The number of nitrogens with one attached hydrogen (secondary N) is 1. The van der Waals surface area contributed by atoms with Gasteiger partial charge in [-0.15, -0.1) is 0 Å². The van der Waals surface area contributed by atoms with Crippen molar-refractivity contribution < 1.29 is 9.32 Å². The zero-order valence-electron chi connectivity index (χ0n) is 20.9. The van der Waals surface area contributed by atoms with Gasteiger partial charge >= 0.3 is 0 Å². The maximum atomic E-state index is 13.1. The standard InChI is InChI=1S/C26H34N6O2/c1-17-15-22(34-30-17)21-16-27-25(29-26(2,3)4)28-23(21)18-11-13-32(14-12-18)24(33)19-7-9-20(10-8-19)31(5)6/h7-10,15-16,18H,11-14H2,1-6H3,(H,27,28,29). The topological polar surface area (TPSA) is 87.4 Å². The molecule has 0 aliphatic carbocycles. The summed E-state index contributed by atoms with van der Waals surface area (Å²) in [4.78, 5) is 26.5. The summed E-state index contributed by atoms with van der Waals surface area (Å²) < 4.78 is 5.55. The number of aryl methyl sites for hydroxylation is 1. The van der Waals surface area contributed by atoms with Crippen LogP contribution in [0.25, 0.3) is 11.3 Å². The van der Waals surface area contributed by atoms with E-state index in [0.717, 1.165) is 41.0 Å². The SMILES string of the molecule is Cc1cc(-c2cnc(NC(C)(C)C)nc2C2CCN(C(=O)c3ccc(N(C)C)cc3)CC2)on1. The van der Waals surface area contributed by atoms with E-state index < -0.39 is 0 Å². The van der Waals surface area contributed by atoms with Crippen LogP contribution in [0.15, 0.2) is 41.1 Å². The molecule has 1 aliphatic heterocycles. The van der Waals surface area contributed by atoms with Crippen molar-refractivity contribution in [1.29, 1.82) is 0 Å². The lowest BCUT2D eigenvalue weighted by molar-refractivity contribution is 0.0712. The molecule has 34 heavy (non-hydrogen) atoms. The Morgan fingerprint density at radius 2 is 1.82 bits per heavy atom. The molecule has 3 aromatic rings. The first-order chi connectivity index (χ1) is 16.1. The zero-order valence-corrected chi connectivity index (χ0v) is 20.9. The molecule has 1 saturated heterocycles. The van der Waals surface area contributed by atoms with Gasteiger partial charge in [-0.25, -0.2) is 9.97 Å². The fourth-order valence-corrected chi connectivity index (χ4v) is 4.22. The second kappa shape index (κ2) is 9.44. The first kappa shape index (κ1) is 23.7. The Labute approximate surface area is 201 Å². The van der Waals surface area contributed by atoms with E-state index in [2.05, 4.69) is 36.2 Å². The third kappa shape index (κ3) is 5.38. The summed E-state index contributed by atoms with van der Waals surface area (Å²) in [5.74, 6) is 1.55. The maximum Gasteiger partial charge on any atom is 0.253 e. The molecule has 0 unspecified atom stereocenters. The molecule has 1 fully saturated rings. The highest BCUT2D eigenvalue weighted by molar-refractivity contribution is 5.94. The Kier molecular flexibility index (Phi) is 6.59. The van der Waals surface area contributed by atoms with E-state index in [0.29, 0.717) is 24.8 Å². The Balaban J connectivity index is 1.53. The van der Waals surface area contributed by atoms with Gasteiger partial charge in [0.25, 0.3) is 5.91 Å². The fraction of sp³-hybridized carbons (Fsp3) is 0.462. The lowest BCUT2D eigenvalue weighted by Gasteiger charge is -2.32. The minimum absolute atomic E-state index is 0.0765. The second-order valence-electron chi connectivity index (χ2n) is 10.2. The summed E-state index contributed by atoms with van der Waals surface area (Å²) in [7, 11) is 3.98. The molecule has 1 amide bonds. The van der Waals surface area contributed by atoms with Crippen LogP contribution in [0.3, 0.4) is 0 Å². The fourth-order valence-electron chi connectivity index (χ4n) is 4.22. The highest BCUT2D eigenvalue weighted by Gasteiger charge is 2.29. The number of anilines is 2. The maximum absolute atomic E-state index is 13.1. The summed E-state index contributed by atoms with van der Waals surface area (Å²) in [6, 6.07) is 9.69. The molecule has 3 heterocycles. The van der Waals surface area contributed by atoms with E-state index in [1.54, 1.807) is 0 Å². The first-order valence-corrected chi connectivity index (χ1v) is 11.8. The van der Waals surface area contributed by atoms with Crippen LogP contribution in [0.2, 0.25) is 0 Å². The van der Waals surface area contributed by atoms with Crippen LogP contribution in [0, 0.1) is 6.92 Å². The van der Waals surface area contributed by atoms with Crippen molar-refractivity contribution in [2.24, 2.45) is 0 Å². The summed E-state index contributed by atoms with van der Waals surface area (Å²) in [6.07, 6.45) is 3.47. The molecular formula is C26H34N6O2. The molecule has 1 aromatic carbocycles. The van der Waals surface area contributed by atoms with Gasteiger partial charge < -0.3 is 19.6 Å². The number of hydrogen-bond acceptors (Lipinski definition) is 7. The van der Waals surface area contributed by atoms with Gasteiger partial charge in [0.05, 0.1) is 17.0 Å². The van der Waals surface area contributed by atoms with E-state index in [1.165, 1.54) is 0 Å². The summed E-state index contributed by atoms with van der Waals surface area (Å²) in [5.41, 5.74) is 4.27. The van der Waals surface area contributed by atoms with Crippen molar-refractivity contribution in [3.63, 3.8) is 0 Å². The van der Waals surface area contributed by atoms with Crippen molar-refractivity contribution in [1.82, 2.24) is 20.0 Å². The van der Waals surface area contributed by atoms with Crippen LogP contribution < -0.4 is 10.2 Å². The van der Waals surface area contributed by atoms with E-state index in [4.69, 9.17) is 9.51 Å². The molecule has 0 bridgehead atoms. The van der Waals surface area contributed by atoms with Gasteiger partial charge in [0.1, 0.15) is 0 Å². The lowest BCUT2D eigenvalue weighted by atomic mass is 9.90. The zero-order chi connectivity index (χ0) is 24.5. The first-order valence-electron chi connectivity index (χ1n) is 11.8. The van der Waals surface area contributed by atoms with E-state index in [1.807, 2.05) is 67.3 Å². The van der Waals surface area contributed by atoms with Gasteiger partial charge in [-0.3, -0.25) is 4.79 Å². The molecule has 0 saturated carbocycles. The molecular weight excluding hydrogens is 428 g/mol. The van der Waals surface area contributed by atoms with Crippen LogP contribution in [-0.2, 0) is 0 Å². The van der Waals surface area contributed by atoms with Gasteiger partial charge in [-0.05, 0) is 64.8 Å². The van der Waals surface area contributed by atoms with E-state index >= 15 is 0 Å². The van der Waals surface area contributed by atoms with E-state index in [9.17, 15) is 4.79 Å². The predicted molar refractivity (Wildman–Crippen MR) is 134 cm³/mol. The number of hydrogen-bond donors (Lipinski definition) is 1. The third-order valence-corrected chi connectivity index (χ3v) is 6.00. The van der Waals surface area contributed by atoms with Crippen molar-refractivity contribution in [3.05, 3.63) is 53.5 Å². The number of likely N-dealkylation sites (tertiary alicyclic amines) is 1. The molecule has 0 atom stereocenters. The average molecular weight is 463 g/mol. The Morgan fingerprint density at radius 3 is 2.38 bits per heavy atom. The molecule has 180 valence electrons. The highest BCUT2D eigenvalue weighted by atomic mass is 16.5. The largest absolute Gasteiger partial charge is 0.378 e. The second-order valence-corrected chi connectivity index (χ2v) is 10.2. The van der Waals surface area contributed by atoms with Gasteiger partial charge in [-0.1, -0.05) is 5.16 Å². The highest BCUT2D eigenvalue weighted by Crippen LogP contribution is 2.35. The smallest absolute Gasteiger partial charge is 0.253 e. The summed E-state index contributed by atoms with van der Waals surface area (Å²) in [5, 5.41) is 7.41. The lowest BCUT2D eigenvalue weighted by Crippen LogP contribution is -2.38. The van der Waals surface area contributed by atoms with Crippen LogP contribution in [0.1, 0.15) is 61.3 Å². The van der Waals surface area contributed by atoms with Crippen LogP contribution in [-0.4, -0.2) is 58.7 Å². The predicted octanol–water partition coefficient (Wildman–Crippen LogP) is 4.74. The Bertz CT molecular complexity index is 1140. The van der Waals surface area contributed by atoms with Crippen molar-refractivity contribution >= 4 is 17.5 Å². The number of carbonyl (C=O) groups excluding carboxylic acids is 1. The molecule has 1 N–H and O–H groups in total. The number of rotatable bonds is 5. The number of carbonyl (C=O) groups is 1. The van der Waals surface area contributed by atoms with Crippen molar-refractivity contribution in [2.45, 2.75) is 52.0 Å². The normalized spacial score (nSPS) is 14.8. The molecule has 1 aliphatic rings. The number of amides is 1. The minimum atomic E-state index is -0.153. The Morgan fingerprint density at radius 1 is 1.15 bits per heavy atom. The molecule has 0 radical (unpaired) electrons. The van der Waals surface area contributed by atoms with Gasteiger partial charge in [0, 0.05) is 62.2 Å². The molecule has 8 heteroatoms. The van der Waals surface area contributed by atoms with Gasteiger partial charge in [0.2, 0.25) is 5.95 Å². The summed E-state index contributed by atoms with van der Waals surface area (Å²) in [6.45, 7) is 9.51. The quantitative estimate of drug-likeness (QED) is 0.586. The number of nitrogens with zero attached hydrogens (tertiary/aromatic N) is 5. The molecule has 2 aromatic heterocycles. The number of benzene rings is 1. The van der Waals surface area contributed by atoms with Crippen molar-refractivity contribution in [2.75, 3.05) is 37.4 Å². The molecule has 8 nitrogen and oxygen atoms in total. The summed E-state index contributed by atoms with van der Waals surface area (Å²) >= 11 is 0. The third-order valence-electron chi connectivity index (χ3n) is 6.00. The Hall–Kier alpha value is -3.42. The minimum Gasteiger partial charge on any atom is -0.378 e. The number of piperidine rings is 1. The van der Waals surface area contributed by atoms with Gasteiger partial charge in [0.15, 0.2) is 5.76 Å². The monoisotopic (exact) mass is 462 g/mol.